The van der Waals surface area contributed by atoms with E-state index in [9.17, 15) is 19.5 Å². The number of benzene rings is 4. The molecule has 2 aliphatic heterocycles. The number of aromatic hydroxyl groups is 1. The minimum absolute atomic E-state index is 0.0271. The molecule has 4 aliphatic rings. The number of nitrogens with one attached hydrogen (secondary N) is 1. The normalized spacial score (nSPS) is 29.2. The lowest BCUT2D eigenvalue weighted by Crippen LogP contribution is -2.53. The first kappa shape index (κ1) is 26.8. The number of rotatable bonds is 3. The van der Waals surface area contributed by atoms with Gasteiger partial charge in [0.2, 0.25) is 23.6 Å². The smallest absolute Gasteiger partial charge is 0.246 e. The largest absolute Gasteiger partial charge is 0.507 e. The van der Waals surface area contributed by atoms with Crippen LogP contribution in [0.15, 0.2) is 103 Å². The van der Waals surface area contributed by atoms with Crippen molar-refractivity contribution in [1.82, 2.24) is 5.32 Å². The van der Waals surface area contributed by atoms with Crippen LogP contribution in [0.3, 0.4) is 0 Å². The predicted molar refractivity (Wildman–Crippen MR) is 165 cm³/mol. The zero-order chi connectivity index (χ0) is 30.3. The minimum atomic E-state index is -1.44. The van der Waals surface area contributed by atoms with E-state index in [1.54, 1.807) is 24.3 Å². The second kappa shape index (κ2) is 9.63. The third-order valence-corrected chi connectivity index (χ3v) is 10.5. The van der Waals surface area contributed by atoms with E-state index in [1.165, 1.54) is 4.90 Å². The summed E-state index contributed by atoms with van der Waals surface area (Å²) in [6, 6.07) is 27.2. The van der Waals surface area contributed by atoms with Crippen LogP contribution in [0.25, 0.3) is 10.8 Å². The summed E-state index contributed by atoms with van der Waals surface area (Å²) in [7, 11) is 0. The maximum absolute atomic E-state index is 15.2. The summed E-state index contributed by atoms with van der Waals surface area (Å²) in [4.78, 5) is 57.1. The lowest BCUT2D eigenvalue weighted by molar-refractivity contribution is -0.128. The number of halogens is 1. The average Bonchev–Trinajstić information content (AvgIpc) is 3.45. The van der Waals surface area contributed by atoms with Gasteiger partial charge in [-0.15, -0.1) is 0 Å². The number of amides is 4. The molecule has 7 nitrogen and oxygen atoms in total. The number of hydrogen-bond donors (Lipinski definition) is 2. The number of carbonyl (C=O) groups is 4. The standard InChI is InChI=1S/C36H27ClN2O5/c37-21-10-6-11-22(17-21)39-34(43)28-18-27-24(15-16-25-29(27)33(42)38-32(25)41)30(36(28,35(39)44)20-8-2-1-3-9-20)26-14-13-19-7-4-5-12-23(19)31(26)40/h1-15,17,25,27-30,40H,16,18H2,(H,38,41,42)/t25-,27+,28-,29-,30+,36+/m0/s1. The molecule has 4 aromatic rings. The van der Waals surface area contributed by atoms with Gasteiger partial charge in [0.05, 0.1) is 28.9 Å². The van der Waals surface area contributed by atoms with Crippen LogP contribution in [0, 0.1) is 23.7 Å². The molecule has 0 unspecified atom stereocenters. The average molecular weight is 603 g/mol. The van der Waals surface area contributed by atoms with Crippen LogP contribution in [0.4, 0.5) is 5.69 Å². The zero-order valence-electron chi connectivity index (χ0n) is 23.4. The number of anilines is 1. The molecule has 0 aromatic heterocycles. The Labute approximate surface area is 258 Å². The van der Waals surface area contributed by atoms with Gasteiger partial charge in [0, 0.05) is 21.9 Å². The number of hydrogen-bond acceptors (Lipinski definition) is 5. The predicted octanol–water partition coefficient (Wildman–Crippen LogP) is 5.65. The lowest BCUT2D eigenvalue weighted by atomic mass is 9.49. The summed E-state index contributed by atoms with van der Waals surface area (Å²) in [5, 5.41) is 16.3. The molecule has 2 saturated heterocycles. The lowest BCUT2D eigenvalue weighted by Gasteiger charge is -2.50. The Kier molecular flexibility index (Phi) is 5.87. The van der Waals surface area contributed by atoms with Gasteiger partial charge in [0.25, 0.3) is 0 Å². The van der Waals surface area contributed by atoms with E-state index in [0.717, 1.165) is 11.0 Å². The first-order chi connectivity index (χ1) is 21.3. The highest BCUT2D eigenvalue weighted by Crippen LogP contribution is 2.65. The molecule has 0 radical (unpaired) electrons. The van der Waals surface area contributed by atoms with Crippen molar-refractivity contribution in [3.63, 3.8) is 0 Å². The second-order valence-electron chi connectivity index (χ2n) is 12.2. The van der Waals surface area contributed by atoms with Gasteiger partial charge < -0.3 is 5.11 Å². The van der Waals surface area contributed by atoms with Crippen molar-refractivity contribution in [3.05, 3.63) is 119 Å². The Morgan fingerprint density at radius 3 is 2.41 bits per heavy atom. The quantitative estimate of drug-likeness (QED) is 0.233. The molecule has 8 rings (SSSR count). The summed E-state index contributed by atoms with van der Waals surface area (Å²) < 4.78 is 0. The monoisotopic (exact) mass is 602 g/mol. The van der Waals surface area contributed by atoms with Gasteiger partial charge in [-0.25, -0.2) is 4.90 Å². The van der Waals surface area contributed by atoms with Crippen LogP contribution >= 0.6 is 11.6 Å². The van der Waals surface area contributed by atoms with Crippen molar-refractivity contribution in [2.45, 2.75) is 24.2 Å². The van der Waals surface area contributed by atoms with E-state index in [2.05, 4.69) is 5.32 Å². The van der Waals surface area contributed by atoms with E-state index in [4.69, 9.17) is 11.6 Å². The van der Waals surface area contributed by atoms with Crippen molar-refractivity contribution in [2.75, 3.05) is 4.90 Å². The van der Waals surface area contributed by atoms with Crippen molar-refractivity contribution in [1.29, 1.82) is 0 Å². The molecular weight excluding hydrogens is 576 g/mol. The van der Waals surface area contributed by atoms with Gasteiger partial charge in [0.1, 0.15) is 5.75 Å². The molecule has 1 saturated carbocycles. The first-order valence-corrected chi connectivity index (χ1v) is 15.1. The third kappa shape index (κ3) is 3.50. The van der Waals surface area contributed by atoms with Gasteiger partial charge in [0.15, 0.2) is 0 Å². The van der Waals surface area contributed by atoms with Crippen LogP contribution in [0.5, 0.6) is 5.75 Å². The fourth-order valence-corrected chi connectivity index (χ4v) is 8.69. The van der Waals surface area contributed by atoms with Crippen molar-refractivity contribution < 1.29 is 24.3 Å². The van der Waals surface area contributed by atoms with Crippen LogP contribution < -0.4 is 10.2 Å². The molecule has 4 aromatic carbocycles. The summed E-state index contributed by atoms with van der Waals surface area (Å²) in [5.41, 5.74) is 0.886. The molecule has 0 bridgehead atoms. The number of phenols is 1. The van der Waals surface area contributed by atoms with Crippen LogP contribution in [-0.4, -0.2) is 28.7 Å². The molecule has 8 heteroatoms. The number of nitrogens with zero attached hydrogens (tertiary/aromatic N) is 1. The Morgan fingerprint density at radius 1 is 0.841 bits per heavy atom. The van der Waals surface area contributed by atoms with Crippen molar-refractivity contribution in [3.8, 4) is 5.75 Å². The van der Waals surface area contributed by atoms with E-state index in [-0.39, 0.29) is 24.0 Å². The zero-order valence-corrected chi connectivity index (χ0v) is 24.2. The molecule has 2 heterocycles. The van der Waals surface area contributed by atoms with Gasteiger partial charge >= 0.3 is 0 Å². The van der Waals surface area contributed by atoms with Gasteiger partial charge in [-0.2, -0.15) is 0 Å². The molecule has 44 heavy (non-hydrogen) atoms. The number of fused-ring (bicyclic) bond motifs is 5. The maximum Gasteiger partial charge on any atom is 0.246 e. The Balaban J connectivity index is 1.45. The number of allylic oxidation sites excluding steroid dienone is 2. The molecule has 2 aliphatic carbocycles. The summed E-state index contributed by atoms with van der Waals surface area (Å²) in [5.74, 6) is -4.79. The highest BCUT2D eigenvalue weighted by Gasteiger charge is 2.70. The Hall–Kier alpha value is -4.75. The summed E-state index contributed by atoms with van der Waals surface area (Å²) in [6.07, 6.45) is 2.51. The first-order valence-electron chi connectivity index (χ1n) is 14.8. The second-order valence-corrected chi connectivity index (χ2v) is 12.6. The van der Waals surface area contributed by atoms with E-state index in [1.807, 2.05) is 72.8 Å². The molecule has 4 amide bonds. The van der Waals surface area contributed by atoms with E-state index in [0.29, 0.717) is 33.6 Å². The molecular formula is C36H27ClN2O5. The number of phenolic OH excluding ortho intramolecular Hbond substituents is 1. The Morgan fingerprint density at radius 2 is 1.61 bits per heavy atom. The molecule has 0 spiro atoms. The van der Waals surface area contributed by atoms with Gasteiger partial charge in [-0.05, 0) is 47.9 Å². The summed E-state index contributed by atoms with van der Waals surface area (Å²) in [6.45, 7) is 0. The fraction of sp³-hybridized carbons (Fsp3) is 0.222. The Bertz CT molecular complexity index is 1950. The third-order valence-electron chi connectivity index (χ3n) is 10.3. The van der Waals surface area contributed by atoms with E-state index >= 15 is 4.79 Å². The van der Waals surface area contributed by atoms with Gasteiger partial charge in [-0.1, -0.05) is 96.0 Å². The van der Waals surface area contributed by atoms with Crippen LogP contribution in [-0.2, 0) is 24.6 Å². The summed E-state index contributed by atoms with van der Waals surface area (Å²) >= 11 is 6.35. The minimum Gasteiger partial charge on any atom is -0.507 e. The highest BCUT2D eigenvalue weighted by molar-refractivity contribution is 6.32. The van der Waals surface area contributed by atoms with Crippen molar-refractivity contribution in [2.24, 2.45) is 23.7 Å². The number of imide groups is 2. The molecule has 6 atom stereocenters. The maximum atomic E-state index is 15.2. The molecule has 3 fully saturated rings. The van der Waals surface area contributed by atoms with Gasteiger partial charge in [-0.3, -0.25) is 24.5 Å². The molecule has 218 valence electrons. The van der Waals surface area contributed by atoms with Crippen molar-refractivity contribution >= 4 is 51.7 Å². The SMILES string of the molecule is O=C1NC(=O)[C@H]2CC=C3[C@@H](C[C@H]4C(=O)N(c5cccc(Cl)c5)C(=O)[C@@]4(c4ccccc4)[C@H]3c3ccc4ccccc4c3O)[C@@H]12. The topological polar surface area (TPSA) is 104 Å². The van der Waals surface area contributed by atoms with Crippen LogP contribution in [0.2, 0.25) is 5.02 Å². The molecule has 2 N–H and O–H groups in total. The number of carbonyl (C=O) groups excluding carboxylic acids is 4. The highest BCUT2D eigenvalue weighted by atomic mass is 35.5. The van der Waals surface area contributed by atoms with E-state index < -0.39 is 46.8 Å². The van der Waals surface area contributed by atoms with Crippen LogP contribution in [0.1, 0.15) is 29.9 Å². The fourth-order valence-electron chi connectivity index (χ4n) is 8.50.